The molecule has 2 atom stereocenters. The molecule has 1 N–H and O–H groups in total. The van der Waals surface area contributed by atoms with E-state index < -0.39 is 0 Å². The molecule has 2 aliphatic rings. The molecule has 1 saturated carbocycles. The van der Waals surface area contributed by atoms with Gasteiger partial charge in [-0.25, -0.2) is 0 Å². The summed E-state index contributed by atoms with van der Waals surface area (Å²) in [6.45, 7) is 7.65. The van der Waals surface area contributed by atoms with Gasteiger partial charge in [0.05, 0.1) is 19.8 Å². The van der Waals surface area contributed by atoms with E-state index in [4.69, 9.17) is 18.9 Å². The first-order valence-corrected chi connectivity index (χ1v) is 14.7. The van der Waals surface area contributed by atoms with Crippen LogP contribution >= 0.6 is 0 Å². The van der Waals surface area contributed by atoms with Gasteiger partial charge in [-0.05, 0) is 50.5 Å². The molecule has 4 rings (SSSR count). The molecule has 1 heterocycles. The highest BCUT2D eigenvalue weighted by molar-refractivity contribution is 5.95. The van der Waals surface area contributed by atoms with Crippen LogP contribution in [0.1, 0.15) is 49.0 Å². The van der Waals surface area contributed by atoms with Gasteiger partial charge in [-0.2, -0.15) is 0 Å². The average Bonchev–Trinajstić information content (AvgIpc) is 3.73. The van der Waals surface area contributed by atoms with Crippen molar-refractivity contribution in [1.82, 2.24) is 15.1 Å². The Hall–Kier alpha value is -3.14. The van der Waals surface area contributed by atoms with E-state index in [2.05, 4.69) is 17.4 Å². The number of amides is 2. The van der Waals surface area contributed by atoms with E-state index in [9.17, 15) is 9.59 Å². The van der Waals surface area contributed by atoms with E-state index in [1.807, 2.05) is 41.8 Å². The lowest BCUT2D eigenvalue weighted by atomic mass is 10.0. The molecule has 2 aromatic carbocycles. The number of carbonyl (C=O) groups is 2. The zero-order chi connectivity index (χ0) is 29.2. The summed E-state index contributed by atoms with van der Waals surface area (Å²) in [5.41, 5.74) is 1.67. The van der Waals surface area contributed by atoms with Gasteiger partial charge in [0.15, 0.2) is 11.5 Å². The predicted octanol–water partition coefficient (Wildman–Crippen LogP) is 3.76. The Morgan fingerprint density at radius 3 is 2.46 bits per heavy atom. The predicted molar refractivity (Wildman–Crippen MR) is 157 cm³/mol. The number of benzene rings is 2. The van der Waals surface area contributed by atoms with Gasteiger partial charge in [0.1, 0.15) is 6.61 Å². The molecule has 0 aromatic heterocycles. The van der Waals surface area contributed by atoms with Crippen molar-refractivity contribution in [3.8, 4) is 11.5 Å². The number of carbonyl (C=O) groups excluding carboxylic acids is 2. The van der Waals surface area contributed by atoms with E-state index in [1.165, 1.54) is 0 Å². The quantitative estimate of drug-likeness (QED) is 0.309. The third-order valence-corrected chi connectivity index (χ3v) is 7.68. The zero-order valence-electron chi connectivity index (χ0n) is 24.8. The van der Waals surface area contributed by atoms with Gasteiger partial charge in [-0.15, -0.1) is 0 Å². The minimum absolute atomic E-state index is 0.0187. The second kappa shape index (κ2) is 15.2. The van der Waals surface area contributed by atoms with Gasteiger partial charge in [-0.1, -0.05) is 30.3 Å². The first-order chi connectivity index (χ1) is 19.9. The van der Waals surface area contributed by atoms with Crippen molar-refractivity contribution < 1.29 is 28.5 Å². The van der Waals surface area contributed by atoms with Crippen LogP contribution in [0.25, 0.3) is 0 Å². The lowest BCUT2D eigenvalue weighted by Gasteiger charge is -2.32. The molecule has 0 radical (unpaired) electrons. The monoisotopic (exact) mass is 567 g/mol. The molecule has 2 amide bonds. The molecule has 2 aromatic rings. The lowest BCUT2D eigenvalue weighted by Crippen LogP contribution is -2.44. The molecule has 9 heteroatoms. The number of rotatable bonds is 16. The molecule has 0 spiro atoms. The topological polar surface area (TPSA) is 89.6 Å². The highest BCUT2D eigenvalue weighted by Gasteiger charge is 2.35. The SMILES string of the molecule is COCCCOc1cc(C(=O)N(C[C@@H]2CNC[C@H]2OCC(=O)N(Cc2ccccc2)C2CC2)C(C)C)ccc1OC. The van der Waals surface area contributed by atoms with Gasteiger partial charge in [0.2, 0.25) is 5.91 Å². The first kappa shape index (κ1) is 30.8. The van der Waals surface area contributed by atoms with Crippen LogP contribution in [0.4, 0.5) is 0 Å². The Bertz CT molecular complexity index is 1120. The van der Waals surface area contributed by atoms with Crippen molar-refractivity contribution in [3.63, 3.8) is 0 Å². The van der Waals surface area contributed by atoms with E-state index >= 15 is 0 Å². The molecule has 41 heavy (non-hydrogen) atoms. The molecule has 0 unspecified atom stereocenters. The number of ether oxygens (including phenoxy) is 4. The molecule has 224 valence electrons. The highest BCUT2D eigenvalue weighted by atomic mass is 16.5. The molecule has 0 bridgehead atoms. The molecule has 9 nitrogen and oxygen atoms in total. The summed E-state index contributed by atoms with van der Waals surface area (Å²) in [6.07, 6.45) is 2.67. The van der Waals surface area contributed by atoms with Crippen molar-refractivity contribution in [3.05, 3.63) is 59.7 Å². The van der Waals surface area contributed by atoms with Crippen molar-refractivity contribution in [2.75, 3.05) is 53.7 Å². The van der Waals surface area contributed by atoms with Gasteiger partial charge < -0.3 is 34.1 Å². The fourth-order valence-corrected chi connectivity index (χ4v) is 5.19. The maximum atomic E-state index is 13.7. The summed E-state index contributed by atoms with van der Waals surface area (Å²) in [5, 5.41) is 3.40. The Balaban J connectivity index is 1.37. The van der Waals surface area contributed by atoms with E-state index in [0.717, 1.165) is 31.4 Å². The lowest BCUT2D eigenvalue weighted by molar-refractivity contribution is -0.140. The average molecular weight is 568 g/mol. The summed E-state index contributed by atoms with van der Waals surface area (Å²) in [6, 6.07) is 15.7. The maximum absolute atomic E-state index is 13.7. The van der Waals surface area contributed by atoms with Gasteiger partial charge in [0, 0.05) is 69.9 Å². The first-order valence-electron chi connectivity index (χ1n) is 14.7. The number of methoxy groups -OCH3 is 2. The summed E-state index contributed by atoms with van der Waals surface area (Å²) in [7, 11) is 3.24. The van der Waals surface area contributed by atoms with Crippen molar-refractivity contribution >= 4 is 11.8 Å². The van der Waals surface area contributed by atoms with Crippen molar-refractivity contribution in [2.45, 2.75) is 57.8 Å². The second-order valence-electron chi connectivity index (χ2n) is 11.1. The van der Waals surface area contributed by atoms with Crippen molar-refractivity contribution in [1.29, 1.82) is 0 Å². The maximum Gasteiger partial charge on any atom is 0.254 e. The van der Waals surface area contributed by atoms with E-state index in [-0.39, 0.29) is 36.5 Å². The highest BCUT2D eigenvalue weighted by Crippen LogP contribution is 2.30. The van der Waals surface area contributed by atoms with Crippen LogP contribution in [0, 0.1) is 5.92 Å². The summed E-state index contributed by atoms with van der Waals surface area (Å²) in [5.74, 6) is 1.14. The Kier molecular flexibility index (Phi) is 11.4. The Morgan fingerprint density at radius 1 is 1.00 bits per heavy atom. The van der Waals surface area contributed by atoms with Crippen LogP contribution in [-0.2, 0) is 20.8 Å². The van der Waals surface area contributed by atoms with Crippen LogP contribution in [-0.4, -0.2) is 93.5 Å². The fraction of sp³-hybridized carbons (Fsp3) is 0.562. The molecule has 1 aliphatic heterocycles. The van der Waals surface area contributed by atoms with Crippen LogP contribution in [0.3, 0.4) is 0 Å². The number of nitrogens with zero attached hydrogens (tertiary/aromatic N) is 2. The van der Waals surface area contributed by atoms with Crippen LogP contribution in [0.15, 0.2) is 48.5 Å². The minimum atomic E-state index is -0.152. The van der Waals surface area contributed by atoms with Gasteiger partial charge in [-0.3, -0.25) is 9.59 Å². The minimum Gasteiger partial charge on any atom is -0.493 e. The fourth-order valence-electron chi connectivity index (χ4n) is 5.19. The zero-order valence-corrected chi connectivity index (χ0v) is 24.8. The van der Waals surface area contributed by atoms with Crippen LogP contribution in [0.5, 0.6) is 11.5 Å². The standard InChI is InChI=1S/C32H45N3O6/c1-23(2)34(32(37)25-11-14-28(39-4)29(17-25)40-16-8-15-38-3)21-26-18-33-19-30(26)41-22-31(36)35(27-12-13-27)20-24-9-6-5-7-10-24/h5-7,9-11,14,17,23,26-27,30,33H,8,12-13,15-16,18-22H2,1-4H3/t26-,30+/m0/s1. The molecule has 1 aliphatic carbocycles. The van der Waals surface area contributed by atoms with Crippen LogP contribution < -0.4 is 14.8 Å². The van der Waals surface area contributed by atoms with Crippen LogP contribution in [0.2, 0.25) is 0 Å². The Morgan fingerprint density at radius 2 is 1.78 bits per heavy atom. The normalized spacial score (nSPS) is 18.4. The third-order valence-electron chi connectivity index (χ3n) is 7.68. The number of nitrogens with one attached hydrogen (secondary N) is 1. The van der Waals surface area contributed by atoms with E-state index in [0.29, 0.717) is 56.0 Å². The molecule has 1 saturated heterocycles. The third kappa shape index (κ3) is 8.67. The smallest absolute Gasteiger partial charge is 0.254 e. The number of hydrogen-bond acceptors (Lipinski definition) is 7. The molecular weight excluding hydrogens is 522 g/mol. The van der Waals surface area contributed by atoms with E-state index in [1.54, 1.807) is 32.4 Å². The Labute approximate surface area is 244 Å². The second-order valence-corrected chi connectivity index (χ2v) is 11.1. The molecular formula is C32H45N3O6. The molecule has 2 fully saturated rings. The summed E-state index contributed by atoms with van der Waals surface area (Å²) >= 11 is 0. The van der Waals surface area contributed by atoms with Gasteiger partial charge in [0.25, 0.3) is 5.91 Å². The van der Waals surface area contributed by atoms with Gasteiger partial charge >= 0.3 is 0 Å². The summed E-state index contributed by atoms with van der Waals surface area (Å²) in [4.78, 5) is 30.7. The summed E-state index contributed by atoms with van der Waals surface area (Å²) < 4.78 is 22.7. The van der Waals surface area contributed by atoms with Crippen molar-refractivity contribution in [2.24, 2.45) is 5.92 Å². The largest absolute Gasteiger partial charge is 0.493 e. The number of hydrogen-bond donors (Lipinski definition) is 1.